The van der Waals surface area contributed by atoms with Crippen LogP contribution in [0.3, 0.4) is 0 Å². The predicted octanol–water partition coefficient (Wildman–Crippen LogP) is 7.09. The SMILES string of the molecule is C[N+]1=C(C=CC=CC=C2N(CCCCC3C(=O)N3CCOC3CCCCO3)c3cc(S(=O)(=O)O)ccc3C2(C)C)C(C)(C)c2ccc(SOOO)cc21. The van der Waals surface area contributed by atoms with Crippen LogP contribution in [0.5, 0.6) is 0 Å². The van der Waals surface area contributed by atoms with E-state index < -0.39 is 15.5 Å². The number of carbonyl (C=O) groups excluding carboxylic acids is 1. The molecular formula is C39H50N3O9S2+. The number of ether oxygens (including phenoxy) is 2. The highest BCUT2D eigenvalue weighted by atomic mass is 32.2. The second-order valence-corrected chi connectivity index (χ2v) is 17.1. The zero-order chi connectivity index (χ0) is 38.0. The molecule has 2 atom stereocenters. The first kappa shape index (κ1) is 39.4. The van der Waals surface area contributed by atoms with Gasteiger partial charge in [0.2, 0.25) is 11.6 Å². The summed E-state index contributed by atoms with van der Waals surface area (Å²) in [6, 6.07) is 10.7. The van der Waals surface area contributed by atoms with Crippen molar-refractivity contribution in [1.82, 2.24) is 4.90 Å². The summed E-state index contributed by atoms with van der Waals surface area (Å²) in [6.45, 7) is 11.0. The Hall–Kier alpha value is -3.34. The van der Waals surface area contributed by atoms with Crippen LogP contribution in [0.4, 0.5) is 11.4 Å². The first-order valence-corrected chi connectivity index (χ1v) is 20.3. The average molecular weight is 769 g/mol. The Labute approximate surface area is 316 Å². The van der Waals surface area contributed by atoms with E-state index in [4.69, 9.17) is 14.7 Å². The summed E-state index contributed by atoms with van der Waals surface area (Å²) in [4.78, 5) is 17.2. The van der Waals surface area contributed by atoms with E-state index in [0.717, 1.165) is 90.4 Å². The maximum atomic E-state index is 12.5. The van der Waals surface area contributed by atoms with Crippen LogP contribution in [0.25, 0.3) is 0 Å². The molecule has 4 aliphatic rings. The van der Waals surface area contributed by atoms with Gasteiger partial charge >= 0.3 is 0 Å². The Bertz CT molecular complexity index is 1930. The Morgan fingerprint density at radius 3 is 2.55 bits per heavy atom. The van der Waals surface area contributed by atoms with E-state index in [1.807, 2.05) is 42.3 Å². The van der Waals surface area contributed by atoms with Gasteiger partial charge in [0, 0.05) is 59.1 Å². The fourth-order valence-corrected chi connectivity index (χ4v) is 8.79. The van der Waals surface area contributed by atoms with Gasteiger partial charge in [-0.15, -0.1) is 4.33 Å². The third kappa shape index (κ3) is 8.50. The molecule has 2 N–H and O–H groups in total. The van der Waals surface area contributed by atoms with Gasteiger partial charge in [-0.25, -0.2) is 5.26 Å². The first-order chi connectivity index (χ1) is 25.2. The van der Waals surface area contributed by atoms with Gasteiger partial charge in [-0.3, -0.25) is 9.35 Å². The third-order valence-corrected chi connectivity index (χ3v) is 12.2. The summed E-state index contributed by atoms with van der Waals surface area (Å²) in [5.41, 5.74) is 5.37. The number of hydrogen-bond acceptors (Lipinski definition) is 10. The van der Waals surface area contributed by atoms with E-state index in [2.05, 4.69) is 64.8 Å². The number of anilines is 1. The van der Waals surface area contributed by atoms with Crippen molar-refractivity contribution in [2.75, 3.05) is 38.3 Å². The molecule has 0 aliphatic carbocycles. The molecule has 2 saturated heterocycles. The molecule has 286 valence electrons. The van der Waals surface area contributed by atoms with Gasteiger partial charge in [-0.05, 0) is 82.2 Å². The lowest BCUT2D eigenvalue weighted by molar-refractivity contribution is -0.432. The molecular weight excluding hydrogens is 719 g/mol. The predicted molar refractivity (Wildman–Crippen MR) is 203 cm³/mol. The summed E-state index contributed by atoms with van der Waals surface area (Å²) in [5.74, 6) is 0.156. The van der Waals surface area contributed by atoms with Crippen molar-refractivity contribution < 1.29 is 46.4 Å². The van der Waals surface area contributed by atoms with Gasteiger partial charge in [-0.2, -0.15) is 13.0 Å². The van der Waals surface area contributed by atoms with E-state index in [9.17, 15) is 17.8 Å². The molecule has 2 aromatic carbocycles. The largest absolute Gasteiger partial charge is 0.353 e. The highest BCUT2D eigenvalue weighted by Crippen LogP contribution is 2.49. The highest BCUT2D eigenvalue weighted by Gasteiger charge is 2.45. The number of unbranched alkanes of at least 4 members (excludes halogenated alkanes) is 1. The van der Waals surface area contributed by atoms with Crippen molar-refractivity contribution in [3.8, 4) is 0 Å². The van der Waals surface area contributed by atoms with Gasteiger partial charge in [0.05, 0.1) is 29.0 Å². The normalized spacial score (nSPS) is 22.8. The van der Waals surface area contributed by atoms with Crippen LogP contribution >= 0.6 is 12.0 Å². The smallest absolute Gasteiger partial charge is 0.294 e. The number of amides is 1. The number of benzene rings is 2. The Balaban J connectivity index is 1.13. The van der Waals surface area contributed by atoms with Crippen LogP contribution in [0.1, 0.15) is 77.3 Å². The van der Waals surface area contributed by atoms with Gasteiger partial charge < -0.3 is 19.3 Å². The standard InChI is InChI=1S/C39H49N3O9S2/c1-38(2)29-19-17-27(52-51-50-44)25-32(29)40(5)34(38)14-7-6-8-15-35-39(3,4)30-20-18-28(53(45,46)47)26-33(30)41(35)21-11-9-13-31-37(43)42(31)22-24-49-36-16-10-12-23-48-36/h6-8,14-15,17-20,25-26,31,36H,9-13,16,21-24H2,1-5H3,(H-,44,45,46,47)/p+1. The minimum Gasteiger partial charge on any atom is -0.353 e. The zero-order valence-electron chi connectivity index (χ0n) is 31.0. The van der Waals surface area contributed by atoms with Crippen molar-refractivity contribution in [2.24, 2.45) is 0 Å². The van der Waals surface area contributed by atoms with Crippen molar-refractivity contribution in [3.63, 3.8) is 0 Å². The highest BCUT2D eigenvalue weighted by molar-refractivity contribution is 7.94. The van der Waals surface area contributed by atoms with Gasteiger partial charge in [0.15, 0.2) is 12.0 Å². The number of rotatable bonds is 16. The number of hydrogen-bond donors (Lipinski definition) is 2. The summed E-state index contributed by atoms with van der Waals surface area (Å²) in [7, 11) is -2.37. The average Bonchev–Trinajstić information content (AvgIpc) is 3.62. The summed E-state index contributed by atoms with van der Waals surface area (Å²) >= 11 is 0.927. The molecule has 4 aliphatic heterocycles. The fourth-order valence-electron chi connectivity index (χ4n) is 7.89. The minimum absolute atomic E-state index is 0.0885. The van der Waals surface area contributed by atoms with Crippen LogP contribution < -0.4 is 4.90 Å². The second kappa shape index (κ2) is 16.2. The second-order valence-electron chi connectivity index (χ2n) is 14.9. The van der Waals surface area contributed by atoms with Crippen molar-refractivity contribution in [2.45, 2.75) is 99.2 Å². The van der Waals surface area contributed by atoms with E-state index in [1.165, 1.54) is 11.6 Å². The Morgan fingerprint density at radius 2 is 1.81 bits per heavy atom. The van der Waals surface area contributed by atoms with Gasteiger partial charge in [-0.1, -0.05) is 49.2 Å². The Morgan fingerprint density at radius 1 is 1.02 bits per heavy atom. The topological polar surface area (TPSA) is 138 Å². The Kier molecular flexibility index (Phi) is 12.0. The number of carbonyl (C=O) groups is 1. The van der Waals surface area contributed by atoms with Crippen molar-refractivity contribution in [3.05, 3.63) is 83.6 Å². The summed E-state index contributed by atoms with van der Waals surface area (Å²) in [6.07, 6.45) is 15.4. The maximum Gasteiger partial charge on any atom is 0.294 e. The van der Waals surface area contributed by atoms with Crippen LogP contribution in [0.15, 0.2) is 82.3 Å². The lowest BCUT2D eigenvalue weighted by Gasteiger charge is -2.27. The molecule has 53 heavy (non-hydrogen) atoms. The van der Waals surface area contributed by atoms with Crippen LogP contribution in [-0.2, 0) is 44.6 Å². The molecule has 2 fully saturated rings. The third-order valence-electron chi connectivity index (χ3n) is 10.8. The molecule has 4 heterocycles. The summed E-state index contributed by atoms with van der Waals surface area (Å²) < 4.78 is 52.3. The van der Waals surface area contributed by atoms with Gasteiger partial charge in [0.1, 0.15) is 13.1 Å². The molecule has 14 heteroatoms. The molecule has 2 unspecified atom stereocenters. The maximum absolute atomic E-state index is 12.5. The quantitative estimate of drug-likeness (QED) is 0.0265. The molecule has 0 radical (unpaired) electrons. The van der Waals surface area contributed by atoms with Crippen LogP contribution in [0.2, 0.25) is 0 Å². The number of fused-ring (bicyclic) bond motifs is 2. The number of nitrogens with zero attached hydrogens (tertiary/aromatic N) is 3. The molecule has 0 aromatic heterocycles. The molecule has 0 saturated carbocycles. The van der Waals surface area contributed by atoms with Crippen molar-refractivity contribution in [1.29, 1.82) is 0 Å². The molecule has 0 bridgehead atoms. The van der Waals surface area contributed by atoms with E-state index in [1.54, 1.807) is 12.1 Å². The molecule has 1 amide bonds. The lowest BCUT2D eigenvalue weighted by atomic mass is 9.81. The van der Waals surface area contributed by atoms with Crippen molar-refractivity contribution >= 4 is 45.2 Å². The first-order valence-electron chi connectivity index (χ1n) is 18.1. The fraction of sp³-hybridized carbons (Fsp3) is 0.487. The van der Waals surface area contributed by atoms with E-state index >= 15 is 0 Å². The molecule has 2 aromatic rings. The van der Waals surface area contributed by atoms with Gasteiger partial charge in [0.25, 0.3) is 10.1 Å². The summed E-state index contributed by atoms with van der Waals surface area (Å²) in [5, 5.41) is 12.3. The van der Waals surface area contributed by atoms with E-state index in [0.29, 0.717) is 19.7 Å². The van der Waals surface area contributed by atoms with Crippen LogP contribution in [0, 0.1) is 0 Å². The van der Waals surface area contributed by atoms with E-state index in [-0.39, 0.29) is 28.5 Å². The zero-order valence-corrected chi connectivity index (χ0v) is 32.6. The number of allylic oxidation sites excluding steroid dienone is 6. The minimum atomic E-state index is -4.39. The molecule has 6 rings (SSSR count). The van der Waals surface area contributed by atoms with Crippen LogP contribution in [-0.4, -0.2) is 85.0 Å². The lowest BCUT2D eigenvalue weighted by Crippen LogP contribution is -2.27. The molecule has 0 spiro atoms. The monoisotopic (exact) mass is 768 g/mol. The molecule has 12 nitrogen and oxygen atoms in total.